The fourth-order valence-electron chi connectivity index (χ4n) is 6.66. The van der Waals surface area contributed by atoms with Gasteiger partial charge < -0.3 is 10.1 Å². The molecule has 1 aliphatic carbocycles. The highest BCUT2D eigenvalue weighted by Crippen LogP contribution is 2.54. The van der Waals surface area contributed by atoms with Crippen molar-refractivity contribution in [2.75, 3.05) is 31.6 Å². The zero-order valence-electron chi connectivity index (χ0n) is 22.1. The number of carbonyl (C=O) groups is 1. The van der Waals surface area contributed by atoms with Gasteiger partial charge in [0.25, 0.3) is 0 Å². The Morgan fingerprint density at radius 1 is 1.19 bits per heavy atom. The van der Waals surface area contributed by atoms with Gasteiger partial charge in [-0.2, -0.15) is 5.10 Å². The number of nitrogens with one attached hydrogen (secondary N) is 1. The molecule has 1 amide bonds. The molecule has 2 aromatic heterocycles. The Morgan fingerprint density at radius 3 is 2.65 bits per heavy atom. The lowest BCUT2D eigenvalue weighted by Gasteiger charge is -2.43. The molecule has 1 saturated carbocycles. The summed E-state index contributed by atoms with van der Waals surface area (Å²) in [5.41, 5.74) is 3.21. The van der Waals surface area contributed by atoms with Crippen LogP contribution in [0.1, 0.15) is 55.2 Å². The maximum absolute atomic E-state index is 14.5. The summed E-state index contributed by atoms with van der Waals surface area (Å²) < 4.78 is 21.7. The predicted octanol–water partition coefficient (Wildman–Crippen LogP) is 4.57. The van der Waals surface area contributed by atoms with Crippen LogP contribution in [-0.2, 0) is 16.6 Å². The normalized spacial score (nSPS) is 30.6. The van der Waals surface area contributed by atoms with Crippen LogP contribution in [0.25, 0.3) is 10.8 Å². The zero-order chi connectivity index (χ0) is 25.9. The van der Waals surface area contributed by atoms with Gasteiger partial charge in [-0.05, 0) is 85.8 Å². The van der Waals surface area contributed by atoms with E-state index in [9.17, 15) is 9.18 Å². The quantitative estimate of drug-likeness (QED) is 0.550. The first-order valence-corrected chi connectivity index (χ1v) is 13.4. The molecule has 3 aromatic rings. The van der Waals surface area contributed by atoms with Gasteiger partial charge in [0.05, 0.1) is 24.9 Å². The van der Waals surface area contributed by atoms with Crippen molar-refractivity contribution in [2.45, 2.75) is 57.2 Å². The minimum atomic E-state index is -0.925. The molecule has 2 saturated heterocycles. The number of amides is 1. The van der Waals surface area contributed by atoms with Crippen molar-refractivity contribution >= 4 is 22.5 Å². The Kier molecular flexibility index (Phi) is 6.07. The van der Waals surface area contributed by atoms with Crippen LogP contribution in [0, 0.1) is 18.8 Å². The van der Waals surface area contributed by atoms with Gasteiger partial charge >= 0.3 is 0 Å². The SMILES string of the molecule is Cc1cc2cnc(NC(=O)[C@H]3[C@H](C)[C@@H]3c3cnn(C)c3)cc2cc1C1CCN([C@@]2(C)COC[C@H]2F)CC1. The lowest BCUT2D eigenvalue weighted by atomic mass is 9.83. The summed E-state index contributed by atoms with van der Waals surface area (Å²) in [7, 11) is 1.90. The van der Waals surface area contributed by atoms with Crippen molar-refractivity contribution < 1.29 is 13.9 Å². The van der Waals surface area contributed by atoms with Crippen molar-refractivity contribution in [3.63, 3.8) is 0 Å². The standard InChI is InChI=1S/C29H36FN5O2/c1-17-9-21-12-31-25(33-28(36)27-18(2)26(27)22-13-32-34(4)14-22)11-20(21)10-23(17)19-5-7-35(8-6-19)29(3)16-37-15-24(29)30/h9-14,18-19,24,26-27H,5-8,15-16H2,1-4H3,(H,31,33,36)/t18-,24-,26-,27+,29+/m1/s1. The Hall–Kier alpha value is -2.84. The van der Waals surface area contributed by atoms with Gasteiger partial charge in [-0.1, -0.05) is 13.0 Å². The van der Waals surface area contributed by atoms with E-state index < -0.39 is 11.7 Å². The number of anilines is 1. The van der Waals surface area contributed by atoms with Gasteiger partial charge in [0.2, 0.25) is 5.91 Å². The molecule has 3 aliphatic rings. The van der Waals surface area contributed by atoms with Crippen LogP contribution >= 0.6 is 0 Å². The van der Waals surface area contributed by atoms with E-state index in [-0.39, 0.29) is 30.3 Å². The highest BCUT2D eigenvalue weighted by molar-refractivity contribution is 5.96. The summed E-state index contributed by atoms with van der Waals surface area (Å²) in [5.74, 6) is 1.48. The van der Waals surface area contributed by atoms with Crippen LogP contribution in [0.4, 0.5) is 10.2 Å². The number of fused-ring (bicyclic) bond motifs is 1. The summed E-state index contributed by atoms with van der Waals surface area (Å²) in [4.78, 5) is 19.9. The molecule has 8 heteroatoms. The molecule has 5 atom stereocenters. The molecule has 1 aromatic carbocycles. The number of aryl methyl sites for hydroxylation is 2. The van der Waals surface area contributed by atoms with Crippen molar-refractivity contribution in [1.29, 1.82) is 0 Å². The van der Waals surface area contributed by atoms with Crippen LogP contribution in [0.15, 0.2) is 36.8 Å². The van der Waals surface area contributed by atoms with Crippen LogP contribution in [-0.4, -0.2) is 63.6 Å². The number of hydrogen-bond acceptors (Lipinski definition) is 5. The first-order chi connectivity index (χ1) is 17.7. The smallest absolute Gasteiger partial charge is 0.229 e. The van der Waals surface area contributed by atoms with E-state index in [1.54, 1.807) is 4.68 Å². The third-order valence-corrected chi connectivity index (χ3v) is 9.14. The zero-order valence-corrected chi connectivity index (χ0v) is 22.1. The summed E-state index contributed by atoms with van der Waals surface area (Å²) >= 11 is 0. The second-order valence-corrected chi connectivity index (χ2v) is 11.6. The predicted molar refractivity (Wildman–Crippen MR) is 141 cm³/mol. The van der Waals surface area contributed by atoms with E-state index in [1.165, 1.54) is 11.1 Å². The highest BCUT2D eigenvalue weighted by atomic mass is 19.1. The number of ether oxygens (including phenoxy) is 1. The second kappa shape index (κ2) is 9.17. The molecule has 0 radical (unpaired) electrons. The van der Waals surface area contributed by atoms with Gasteiger partial charge in [0.15, 0.2) is 0 Å². The number of halogens is 1. The van der Waals surface area contributed by atoms with Crippen LogP contribution in [0.3, 0.4) is 0 Å². The van der Waals surface area contributed by atoms with Crippen LogP contribution < -0.4 is 5.32 Å². The Labute approximate surface area is 217 Å². The monoisotopic (exact) mass is 505 g/mol. The Balaban J connectivity index is 1.16. The molecular formula is C29H36FN5O2. The van der Waals surface area contributed by atoms with E-state index in [0.717, 1.165) is 42.3 Å². The first kappa shape index (κ1) is 24.5. The number of benzene rings is 1. The van der Waals surface area contributed by atoms with E-state index in [0.29, 0.717) is 18.3 Å². The van der Waals surface area contributed by atoms with Crippen molar-refractivity contribution in [2.24, 2.45) is 18.9 Å². The van der Waals surface area contributed by atoms with Crippen molar-refractivity contribution in [1.82, 2.24) is 19.7 Å². The lowest BCUT2D eigenvalue weighted by Crippen LogP contribution is -2.55. The average Bonchev–Trinajstić information content (AvgIpc) is 3.15. The highest BCUT2D eigenvalue weighted by Gasteiger charge is 2.53. The van der Waals surface area contributed by atoms with Gasteiger partial charge in [0.1, 0.15) is 12.0 Å². The summed E-state index contributed by atoms with van der Waals surface area (Å²) in [6, 6.07) is 6.45. The molecule has 3 fully saturated rings. The molecule has 37 heavy (non-hydrogen) atoms. The maximum atomic E-state index is 14.5. The molecule has 0 unspecified atom stereocenters. The molecule has 2 aliphatic heterocycles. The fourth-order valence-corrected chi connectivity index (χ4v) is 6.66. The van der Waals surface area contributed by atoms with E-state index in [2.05, 4.69) is 46.3 Å². The fraction of sp³-hybridized carbons (Fsp3) is 0.552. The summed E-state index contributed by atoms with van der Waals surface area (Å²) in [6.45, 7) is 8.69. The number of rotatable bonds is 5. The van der Waals surface area contributed by atoms with Gasteiger partial charge in [-0.15, -0.1) is 0 Å². The number of alkyl halides is 1. The molecule has 6 rings (SSSR count). The largest absolute Gasteiger partial charge is 0.376 e. The minimum Gasteiger partial charge on any atom is -0.376 e. The molecule has 4 heterocycles. The lowest BCUT2D eigenvalue weighted by molar-refractivity contribution is -0.117. The number of aromatic nitrogens is 3. The molecule has 1 N–H and O–H groups in total. The Morgan fingerprint density at radius 2 is 1.97 bits per heavy atom. The summed E-state index contributed by atoms with van der Waals surface area (Å²) in [5, 5.41) is 9.47. The summed E-state index contributed by atoms with van der Waals surface area (Å²) in [6.07, 6.45) is 6.77. The van der Waals surface area contributed by atoms with E-state index in [4.69, 9.17) is 4.74 Å². The number of carbonyl (C=O) groups excluding carboxylic acids is 1. The molecule has 196 valence electrons. The Bertz CT molecular complexity index is 1330. The van der Waals surface area contributed by atoms with E-state index in [1.807, 2.05) is 38.6 Å². The van der Waals surface area contributed by atoms with Crippen molar-refractivity contribution in [3.8, 4) is 0 Å². The molecule has 7 nitrogen and oxygen atoms in total. The average molecular weight is 506 g/mol. The number of piperidine rings is 1. The van der Waals surface area contributed by atoms with Crippen LogP contribution in [0.2, 0.25) is 0 Å². The second-order valence-electron chi connectivity index (χ2n) is 11.6. The van der Waals surface area contributed by atoms with Gasteiger partial charge in [-0.25, -0.2) is 9.37 Å². The third kappa shape index (κ3) is 4.34. The minimum absolute atomic E-state index is 0.0171. The molecule has 0 spiro atoms. The maximum Gasteiger partial charge on any atom is 0.229 e. The van der Waals surface area contributed by atoms with Crippen LogP contribution in [0.5, 0.6) is 0 Å². The third-order valence-electron chi connectivity index (χ3n) is 9.14. The number of hydrogen-bond donors (Lipinski definition) is 1. The number of pyridine rings is 1. The first-order valence-electron chi connectivity index (χ1n) is 13.4. The molecular weight excluding hydrogens is 469 g/mol. The van der Waals surface area contributed by atoms with E-state index >= 15 is 0 Å². The van der Waals surface area contributed by atoms with Gasteiger partial charge in [0, 0.05) is 36.7 Å². The molecule has 0 bridgehead atoms. The number of nitrogens with zero attached hydrogens (tertiary/aromatic N) is 4. The van der Waals surface area contributed by atoms with Crippen molar-refractivity contribution in [3.05, 3.63) is 53.5 Å². The number of likely N-dealkylation sites (tertiary alicyclic amines) is 1. The van der Waals surface area contributed by atoms with Gasteiger partial charge in [-0.3, -0.25) is 14.4 Å². The topological polar surface area (TPSA) is 72.3 Å².